The molecule has 0 saturated heterocycles. The molecule has 2 aromatic carbocycles. The predicted octanol–water partition coefficient (Wildman–Crippen LogP) is 2.95. The summed E-state index contributed by atoms with van der Waals surface area (Å²) in [6.45, 7) is 4.34. The van der Waals surface area contributed by atoms with E-state index in [2.05, 4.69) is 5.10 Å². The van der Waals surface area contributed by atoms with E-state index in [1.807, 2.05) is 56.3 Å². The zero-order chi connectivity index (χ0) is 19.1. The maximum atomic E-state index is 12.9. The quantitative estimate of drug-likeness (QED) is 0.361. The SMILES string of the molecule is CCc1cc(CN)cc(CC)c1C(=O)C(=O)N(C)N=Cc1ccccc1. The van der Waals surface area contributed by atoms with Crippen molar-refractivity contribution in [3.63, 3.8) is 0 Å². The zero-order valence-corrected chi connectivity index (χ0v) is 15.5. The molecule has 1 amide bonds. The highest BCUT2D eigenvalue weighted by Crippen LogP contribution is 2.21. The van der Waals surface area contributed by atoms with Crippen molar-refractivity contribution in [3.8, 4) is 0 Å². The van der Waals surface area contributed by atoms with Gasteiger partial charge in [0.15, 0.2) is 0 Å². The third-order valence-corrected chi connectivity index (χ3v) is 4.25. The summed E-state index contributed by atoms with van der Waals surface area (Å²) in [5.41, 5.74) is 9.76. The molecule has 0 aliphatic heterocycles. The number of rotatable bonds is 7. The summed E-state index contributed by atoms with van der Waals surface area (Å²) >= 11 is 0. The number of carbonyl (C=O) groups is 2. The van der Waals surface area contributed by atoms with Crippen molar-refractivity contribution in [2.24, 2.45) is 10.8 Å². The number of nitrogens with zero attached hydrogens (tertiary/aromatic N) is 2. The van der Waals surface area contributed by atoms with Crippen molar-refractivity contribution in [3.05, 3.63) is 70.3 Å². The minimum Gasteiger partial charge on any atom is -0.326 e. The van der Waals surface area contributed by atoms with Gasteiger partial charge >= 0.3 is 5.91 Å². The van der Waals surface area contributed by atoms with Crippen LogP contribution in [-0.2, 0) is 24.2 Å². The standard InChI is InChI=1S/C21H25N3O2/c1-4-17-11-16(13-22)12-18(5-2)19(17)20(25)21(26)24(3)23-14-15-9-7-6-8-10-15/h6-12,14H,4-5,13,22H2,1-3H3. The molecule has 136 valence electrons. The Morgan fingerprint density at radius 1 is 1.08 bits per heavy atom. The second-order valence-corrected chi connectivity index (χ2v) is 6.01. The lowest BCUT2D eigenvalue weighted by Crippen LogP contribution is -2.31. The first-order valence-corrected chi connectivity index (χ1v) is 8.77. The Bertz CT molecular complexity index is 788. The first-order valence-electron chi connectivity index (χ1n) is 8.77. The van der Waals surface area contributed by atoms with Crippen LogP contribution in [0.3, 0.4) is 0 Å². The Hall–Kier alpha value is -2.79. The van der Waals surface area contributed by atoms with E-state index in [0.717, 1.165) is 27.3 Å². The fraction of sp³-hybridized carbons (Fsp3) is 0.286. The van der Waals surface area contributed by atoms with Gasteiger partial charge < -0.3 is 5.73 Å². The second-order valence-electron chi connectivity index (χ2n) is 6.01. The van der Waals surface area contributed by atoms with Gasteiger partial charge in [-0.3, -0.25) is 9.59 Å². The van der Waals surface area contributed by atoms with Crippen molar-refractivity contribution in [1.82, 2.24) is 5.01 Å². The van der Waals surface area contributed by atoms with E-state index in [9.17, 15) is 9.59 Å². The van der Waals surface area contributed by atoms with Crippen LogP contribution < -0.4 is 5.73 Å². The number of nitrogens with two attached hydrogens (primary N) is 1. The van der Waals surface area contributed by atoms with Crippen LogP contribution in [0, 0.1) is 0 Å². The van der Waals surface area contributed by atoms with Crippen LogP contribution in [0.1, 0.15) is 46.5 Å². The highest BCUT2D eigenvalue weighted by Gasteiger charge is 2.25. The van der Waals surface area contributed by atoms with Gasteiger partial charge in [-0.15, -0.1) is 0 Å². The third kappa shape index (κ3) is 4.43. The fourth-order valence-electron chi connectivity index (χ4n) is 2.81. The average Bonchev–Trinajstić information content (AvgIpc) is 2.70. The minimum atomic E-state index is -0.651. The summed E-state index contributed by atoms with van der Waals surface area (Å²) in [7, 11) is 1.49. The van der Waals surface area contributed by atoms with Gasteiger partial charge in [0.2, 0.25) is 0 Å². The molecule has 0 saturated carbocycles. The Balaban J connectivity index is 2.30. The fourth-order valence-corrected chi connectivity index (χ4v) is 2.81. The van der Waals surface area contributed by atoms with E-state index in [1.165, 1.54) is 7.05 Å². The van der Waals surface area contributed by atoms with E-state index in [1.54, 1.807) is 6.21 Å². The van der Waals surface area contributed by atoms with Crippen LogP contribution in [0.25, 0.3) is 0 Å². The molecule has 2 rings (SSSR count). The van der Waals surface area contributed by atoms with Gasteiger partial charge in [-0.25, -0.2) is 5.01 Å². The Morgan fingerprint density at radius 3 is 2.15 bits per heavy atom. The summed E-state index contributed by atoms with van der Waals surface area (Å²) in [6.07, 6.45) is 2.88. The van der Waals surface area contributed by atoms with E-state index in [4.69, 9.17) is 5.73 Å². The molecular formula is C21H25N3O2. The molecule has 0 aliphatic carbocycles. The van der Waals surface area contributed by atoms with Crippen molar-refractivity contribution in [2.75, 3.05) is 7.05 Å². The summed E-state index contributed by atoms with van der Waals surface area (Å²) in [5.74, 6) is -1.18. The first-order chi connectivity index (χ1) is 12.5. The average molecular weight is 351 g/mol. The van der Waals surface area contributed by atoms with Gasteiger partial charge in [-0.05, 0) is 35.1 Å². The molecule has 0 unspecified atom stereocenters. The molecule has 0 spiro atoms. The number of aryl methyl sites for hydroxylation is 2. The number of hydrogen-bond acceptors (Lipinski definition) is 4. The lowest BCUT2D eigenvalue weighted by molar-refractivity contribution is -0.125. The summed E-state index contributed by atoms with van der Waals surface area (Å²) in [6, 6.07) is 13.2. The molecular weight excluding hydrogens is 326 g/mol. The topological polar surface area (TPSA) is 75.8 Å². The van der Waals surface area contributed by atoms with Gasteiger partial charge in [0.1, 0.15) is 0 Å². The lowest BCUT2D eigenvalue weighted by atomic mass is 9.91. The van der Waals surface area contributed by atoms with Gasteiger partial charge in [0.05, 0.1) is 6.21 Å². The minimum absolute atomic E-state index is 0.406. The van der Waals surface area contributed by atoms with Crippen LogP contribution in [0.15, 0.2) is 47.6 Å². The van der Waals surface area contributed by atoms with Crippen LogP contribution in [0.4, 0.5) is 0 Å². The normalized spacial score (nSPS) is 10.9. The van der Waals surface area contributed by atoms with Crippen LogP contribution in [0.2, 0.25) is 0 Å². The molecule has 0 aromatic heterocycles. The molecule has 0 aliphatic rings. The summed E-state index contributed by atoms with van der Waals surface area (Å²) < 4.78 is 0. The number of hydrazone groups is 1. The van der Waals surface area contributed by atoms with Crippen molar-refractivity contribution in [1.29, 1.82) is 0 Å². The van der Waals surface area contributed by atoms with E-state index in [0.29, 0.717) is 24.9 Å². The van der Waals surface area contributed by atoms with Crippen LogP contribution in [-0.4, -0.2) is 30.0 Å². The number of benzene rings is 2. The molecule has 5 heteroatoms. The second kappa shape index (κ2) is 9.06. The maximum Gasteiger partial charge on any atom is 0.314 e. The molecule has 0 heterocycles. The largest absolute Gasteiger partial charge is 0.326 e. The highest BCUT2D eigenvalue weighted by molar-refractivity contribution is 6.43. The molecule has 5 nitrogen and oxygen atoms in total. The molecule has 0 atom stereocenters. The number of ketones is 1. The van der Waals surface area contributed by atoms with Gasteiger partial charge in [-0.2, -0.15) is 5.10 Å². The van der Waals surface area contributed by atoms with Gasteiger partial charge in [0.25, 0.3) is 5.78 Å². The number of amides is 1. The lowest BCUT2D eigenvalue weighted by Gasteiger charge is -2.16. The Morgan fingerprint density at radius 2 is 1.65 bits per heavy atom. The van der Waals surface area contributed by atoms with E-state index >= 15 is 0 Å². The monoisotopic (exact) mass is 351 g/mol. The third-order valence-electron chi connectivity index (χ3n) is 4.25. The molecule has 0 bridgehead atoms. The molecule has 2 aromatic rings. The number of carbonyl (C=O) groups excluding carboxylic acids is 2. The number of likely N-dealkylation sites (N-methyl/N-ethyl adjacent to an activating group) is 1. The number of hydrogen-bond donors (Lipinski definition) is 1. The summed E-state index contributed by atoms with van der Waals surface area (Å²) in [4.78, 5) is 25.5. The Labute approximate surface area is 154 Å². The van der Waals surface area contributed by atoms with Crippen molar-refractivity contribution >= 4 is 17.9 Å². The molecule has 2 N–H and O–H groups in total. The molecule has 0 fully saturated rings. The zero-order valence-electron chi connectivity index (χ0n) is 15.5. The Kier molecular flexibility index (Phi) is 6.81. The number of Topliss-reactive ketones (excluding diaryl/α,β-unsaturated/α-hetero) is 1. The van der Waals surface area contributed by atoms with Crippen LogP contribution in [0.5, 0.6) is 0 Å². The van der Waals surface area contributed by atoms with Gasteiger partial charge in [0, 0.05) is 19.2 Å². The maximum absolute atomic E-state index is 12.9. The van der Waals surface area contributed by atoms with Crippen molar-refractivity contribution < 1.29 is 9.59 Å². The van der Waals surface area contributed by atoms with E-state index in [-0.39, 0.29) is 0 Å². The van der Waals surface area contributed by atoms with Crippen LogP contribution >= 0.6 is 0 Å². The van der Waals surface area contributed by atoms with E-state index < -0.39 is 11.7 Å². The predicted molar refractivity (Wildman–Crippen MR) is 104 cm³/mol. The molecule has 0 radical (unpaired) electrons. The first kappa shape index (κ1) is 19.5. The highest BCUT2D eigenvalue weighted by atomic mass is 16.2. The van der Waals surface area contributed by atoms with Gasteiger partial charge in [-0.1, -0.05) is 56.3 Å². The van der Waals surface area contributed by atoms with Crippen molar-refractivity contribution in [2.45, 2.75) is 33.2 Å². The smallest absolute Gasteiger partial charge is 0.314 e. The molecule has 26 heavy (non-hydrogen) atoms. The summed E-state index contributed by atoms with van der Waals surface area (Å²) in [5, 5.41) is 5.19.